The summed E-state index contributed by atoms with van der Waals surface area (Å²) in [5.74, 6) is 2.41. The number of nitrogens with one attached hydrogen (secondary N) is 1. The van der Waals surface area contributed by atoms with E-state index >= 15 is 0 Å². The lowest BCUT2D eigenvalue weighted by Crippen LogP contribution is -2.08. The van der Waals surface area contributed by atoms with Crippen molar-refractivity contribution in [1.82, 2.24) is 9.97 Å². The molecule has 0 spiro atoms. The van der Waals surface area contributed by atoms with Crippen LogP contribution < -0.4 is 0 Å². The summed E-state index contributed by atoms with van der Waals surface area (Å²) in [6, 6.07) is 0. The summed E-state index contributed by atoms with van der Waals surface area (Å²) in [6.45, 7) is 1.90. The summed E-state index contributed by atoms with van der Waals surface area (Å²) in [5, 5.41) is 0. The van der Waals surface area contributed by atoms with Crippen molar-refractivity contribution in [2.45, 2.75) is 57.3 Å². The molecule has 2 aliphatic rings. The lowest BCUT2D eigenvalue weighted by molar-refractivity contribution is 0.114. The molecule has 2 unspecified atom stereocenters. The Morgan fingerprint density at radius 1 is 1.26 bits per heavy atom. The molecule has 2 fully saturated rings. The van der Waals surface area contributed by atoms with Gasteiger partial charge in [-0.15, -0.1) is 0 Å². The minimum absolute atomic E-state index is 0.681. The summed E-state index contributed by atoms with van der Waals surface area (Å²) in [7, 11) is 0. The Labute approximate surface area is 116 Å². The smallest absolute Gasteiger partial charge is 0.0921 e. The first-order chi connectivity index (χ1) is 9.43. The highest BCUT2D eigenvalue weighted by atomic mass is 16.5. The number of imidazole rings is 1. The average molecular weight is 262 g/mol. The standard InChI is InChI=1S/C16H26N2O/c1-2-5-13(6-3-1)7-4-8-19-11-14-9-15(14)16-10-17-12-18-16/h10,12-15H,1-9,11H2,(H,17,18). The Hall–Kier alpha value is -0.830. The monoisotopic (exact) mass is 262 g/mol. The molecule has 0 aliphatic heterocycles. The summed E-state index contributed by atoms with van der Waals surface area (Å²) in [6.07, 6.45) is 14.9. The van der Waals surface area contributed by atoms with E-state index in [2.05, 4.69) is 9.97 Å². The fourth-order valence-electron chi connectivity index (χ4n) is 3.47. The SMILES string of the molecule is c1ncc(C2CC2COCCCC2CCCCC2)[nH]1. The van der Waals surface area contributed by atoms with Crippen molar-refractivity contribution in [2.24, 2.45) is 11.8 Å². The lowest BCUT2D eigenvalue weighted by atomic mass is 9.86. The lowest BCUT2D eigenvalue weighted by Gasteiger charge is -2.21. The first kappa shape index (κ1) is 13.2. The zero-order valence-corrected chi connectivity index (χ0v) is 11.8. The maximum absolute atomic E-state index is 5.84. The molecule has 1 aromatic rings. The van der Waals surface area contributed by atoms with Crippen molar-refractivity contribution in [3.05, 3.63) is 18.2 Å². The fourth-order valence-corrected chi connectivity index (χ4v) is 3.47. The largest absolute Gasteiger partial charge is 0.381 e. The number of nitrogens with zero attached hydrogens (tertiary/aromatic N) is 1. The molecule has 0 amide bonds. The predicted molar refractivity (Wildman–Crippen MR) is 76.1 cm³/mol. The van der Waals surface area contributed by atoms with Gasteiger partial charge in [-0.05, 0) is 31.1 Å². The van der Waals surface area contributed by atoms with E-state index in [1.54, 1.807) is 6.33 Å². The maximum atomic E-state index is 5.84. The molecular weight excluding hydrogens is 236 g/mol. The molecule has 2 saturated carbocycles. The van der Waals surface area contributed by atoms with Crippen molar-refractivity contribution < 1.29 is 4.74 Å². The second-order valence-electron chi connectivity index (χ2n) is 6.33. The molecule has 106 valence electrons. The van der Waals surface area contributed by atoms with Crippen LogP contribution in [-0.2, 0) is 4.74 Å². The van der Waals surface area contributed by atoms with Gasteiger partial charge in [0.05, 0.1) is 12.9 Å². The molecule has 2 aliphatic carbocycles. The third-order valence-corrected chi connectivity index (χ3v) is 4.80. The summed E-state index contributed by atoms with van der Waals surface area (Å²) < 4.78 is 5.84. The van der Waals surface area contributed by atoms with Crippen LogP contribution in [0, 0.1) is 11.8 Å². The molecule has 1 heterocycles. The second-order valence-corrected chi connectivity index (χ2v) is 6.33. The molecule has 0 bridgehead atoms. The molecule has 0 aromatic carbocycles. The number of rotatable bonds is 7. The van der Waals surface area contributed by atoms with E-state index in [9.17, 15) is 0 Å². The minimum Gasteiger partial charge on any atom is -0.381 e. The van der Waals surface area contributed by atoms with E-state index in [0.717, 1.165) is 25.0 Å². The number of hydrogen-bond acceptors (Lipinski definition) is 2. The molecule has 3 heteroatoms. The van der Waals surface area contributed by atoms with Gasteiger partial charge in [-0.2, -0.15) is 0 Å². The van der Waals surface area contributed by atoms with Gasteiger partial charge < -0.3 is 9.72 Å². The Kier molecular flexibility index (Phi) is 4.54. The third kappa shape index (κ3) is 3.82. The van der Waals surface area contributed by atoms with Gasteiger partial charge in [0.25, 0.3) is 0 Å². The van der Waals surface area contributed by atoms with Gasteiger partial charge >= 0.3 is 0 Å². The van der Waals surface area contributed by atoms with Crippen molar-refractivity contribution in [1.29, 1.82) is 0 Å². The summed E-state index contributed by atoms with van der Waals surface area (Å²) in [5.41, 5.74) is 1.29. The van der Waals surface area contributed by atoms with E-state index in [1.165, 1.54) is 57.1 Å². The van der Waals surface area contributed by atoms with Gasteiger partial charge in [-0.1, -0.05) is 32.1 Å². The highest BCUT2D eigenvalue weighted by Gasteiger charge is 2.39. The molecule has 3 rings (SSSR count). The van der Waals surface area contributed by atoms with Crippen LogP contribution in [0.15, 0.2) is 12.5 Å². The van der Waals surface area contributed by atoms with Crippen molar-refractivity contribution >= 4 is 0 Å². The van der Waals surface area contributed by atoms with E-state index in [4.69, 9.17) is 4.74 Å². The Bertz CT molecular complexity index is 357. The van der Waals surface area contributed by atoms with E-state index < -0.39 is 0 Å². The van der Waals surface area contributed by atoms with Gasteiger partial charge in [0.15, 0.2) is 0 Å². The topological polar surface area (TPSA) is 37.9 Å². The van der Waals surface area contributed by atoms with Crippen LogP contribution in [0.3, 0.4) is 0 Å². The van der Waals surface area contributed by atoms with E-state index in [0.29, 0.717) is 5.92 Å². The molecule has 3 nitrogen and oxygen atoms in total. The molecule has 0 radical (unpaired) electrons. The molecule has 1 N–H and O–H groups in total. The highest BCUT2D eigenvalue weighted by molar-refractivity contribution is 5.14. The van der Waals surface area contributed by atoms with E-state index in [1.807, 2.05) is 6.20 Å². The summed E-state index contributed by atoms with van der Waals surface area (Å²) in [4.78, 5) is 7.29. The normalized spacial score (nSPS) is 27.6. The number of hydrogen-bond donors (Lipinski definition) is 1. The number of aromatic amines is 1. The zero-order chi connectivity index (χ0) is 12.9. The van der Waals surface area contributed by atoms with Crippen LogP contribution >= 0.6 is 0 Å². The highest BCUT2D eigenvalue weighted by Crippen LogP contribution is 2.46. The van der Waals surface area contributed by atoms with Crippen molar-refractivity contribution in [3.63, 3.8) is 0 Å². The Morgan fingerprint density at radius 2 is 2.16 bits per heavy atom. The molecular formula is C16H26N2O. The van der Waals surface area contributed by atoms with Gasteiger partial charge in [0.2, 0.25) is 0 Å². The average Bonchev–Trinajstić information content (AvgIpc) is 3.01. The fraction of sp³-hybridized carbons (Fsp3) is 0.812. The third-order valence-electron chi connectivity index (χ3n) is 4.80. The van der Waals surface area contributed by atoms with Crippen LogP contribution in [-0.4, -0.2) is 23.2 Å². The maximum Gasteiger partial charge on any atom is 0.0921 e. The molecule has 1 aromatic heterocycles. The second kappa shape index (κ2) is 6.56. The minimum atomic E-state index is 0.681. The summed E-state index contributed by atoms with van der Waals surface area (Å²) >= 11 is 0. The van der Waals surface area contributed by atoms with Gasteiger partial charge in [-0.25, -0.2) is 4.98 Å². The van der Waals surface area contributed by atoms with Gasteiger partial charge in [0.1, 0.15) is 0 Å². The Balaban J connectivity index is 1.22. The Morgan fingerprint density at radius 3 is 2.95 bits per heavy atom. The van der Waals surface area contributed by atoms with Crippen LogP contribution in [0.5, 0.6) is 0 Å². The van der Waals surface area contributed by atoms with Crippen molar-refractivity contribution in [3.8, 4) is 0 Å². The first-order valence-corrected chi connectivity index (χ1v) is 7.99. The number of H-pyrrole nitrogens is 1. The predicted octanol–water partition coefficient (Wildman–Crippen LogP) is 3.89. The number of ether oxygens (including phenoxy) is 1. The van der Waals surface area contributed by atoms with Gasteiger partial charge in [0, 0.05) is 24.4 Å². The molecule has 19 heavy (non-hydrogen) atoms. The molecule has 0 saturated heterocycles. The first-order valence-electron chi connectivity index (χ1n) is 7.99. The van der Waals surface area contributed by atoms with Crippen LogP contribution in [0.2, 0.25) is 0 Å². The van der Waals surface area contributed by atoms with Crippen LogP contribution in [0.4, 0.5) is 0 Å². The van der Waals surface area contributed by atoms with Crippen LogP contribution in [0.1, 0.15) is 63.0 Å². The molecule has 2 atom stereocenters. The number of aromatic nitrogens is 2. The zero-order valence-electron chi connectivity index (χ0n) is 11.8. The quantitative estimate of drug-likeness (QED) is 0.757. The van der Waals surface area contributed by atoms with Gasteiger partial charge in [-0.3, -0.25) is 0 Å². The van der Waals surface area contributed by atoms with E-state index in [-0.39, 0.29) is 0 Å². The van der Waals surface area contributed by atoms with Crippen LogP contribution in [0.25, 0.3) is 0 Å². The van der Waals surface area contributed by atoms with Crippen molar-refractivity contribution in [2.75, 3.05) is 13.2 Å².